The second kappa shape index (κ2) is 6.56. The number of benzene rings is 1. The molecule has 2 nitrogen and oxygen atoms in total. The molecule has 4 heteroatoms. The van der Waals surface area contributed by atoms with E-state index < -0.39 is 0 Å². The van der Waals surface area contributed by atoms with Gasteiger partial charge in [0.2, 0.25) is 0 Å². The van der Waals surface area contributed by atoms with Gasteiger partial charge in [-0.15, -0.1) is 0 Å². The molecule has 0 radical (unpaired) electrons. The molecule has 1 saturated heterocycles. The molecule has 0 spiro atoms. The second-order valence-corrected chi connectivity index (χ2v) is 5.92. The van der Waals surface area contributed by atoms with Gasteiger partial charge in [-0.3, -0.25) is 4.90 Å². The highest BCUT2D eigenvalue weighted by molar-refractivity contribution is 9.10. The molecule has 0 N–H and O–H groups in total. The minimum Gasteiger partial charge on any atom is -0.284 e. The zero-order valence-electron chi connectivity index (χ0n) is 10.2. The van der Waals surface area contributed by atoms with Crippen LogP contribution in [0.15, 0.2) is 22.7 Å². The standard InChI is InChI=1S/C14H16BrClN2/c15-12-9-11(5-6-13(12)16)14(10-17)18-7-3-1-2-4-8-18/h5-6,9,14H,1-4,7-8H2. The summed E-state index contributed by atoms with van der Waals surface area (Å²) in [6.07, 6.45) is 4.93. The minimum atomic E-state index is -0.156. The molecule has 1 aromatic carbocycles. The first kappa shape index (κ1) is 13.9. The van der Waals surface area contributed by atoms with Crippen molar-refractivity contribution >= 4 is 27.5 Å². The molecular formula is C14H16BrClN2. The normalized spacial score (nSPS) is 18.9. The number of nitrogens with zero attached hydrogens (tertiary/aromatic N) is 2. The van der Waals surface area contributed by atoms with Crippen molar-refractivity contribution in [1.82, 2.24) is 4.90 Å². The van der Waals surface area contributed by atoms with E-state index in [0.717, 1.165) is 23.1 Å². The number of nitriles is 1. The van der Waals surface area contributed by atoms with Crippen molar-refractivity contribution in [2.24, 2.45) is 0 Å². The van der Waals surface area contributed by atoms with Gasteiger partial charge in [0.25, 0.3) is 0 Å². The van der Waals surface area contributed by atoms with Gasteiger partial charge in [0, 0.05) is 4.47 Å². The zero-order chi connectivity index (χ0) is 13.0. The van der Waals surface area contributed by atoms with Crippen molar-refractivity contribution in [1.29, 1.82) is 5.26 Å². The van der Waals surface area contributed by atoms with Crippen LogP contribution in [0.5, 0.6) is 0 Å². The Bertz CT molecular complexity index is 448. The molecule has 1 fully saturated rings. The lowest BCUT2D eigenvalue weighted by Gasteiger charge is -2.25. The smallest absolute Gasteiger partial charge is 0.123 e. The highest BCUT2D eigenvalue weighted by Gasteiger charge is 2.21. The topological polar surface area (TPSA) is 27.0 Å². The van der Waals surface area contributed by atoms with Gasteiger partial charge in [-0.25, -0.2) is 0 Å². The van der Waals surface area contributed by atoms with E-state index in [1.165, 1.54) is 25.7 Å². The summed E-state index contributed by atoms with van der Waals surface area (Å²) in [7, 11) is 0. The van der Waals surface area contributed by atoms with E-state index in [1.807, 2.05) is 18.2 Å². The van der Waals surface area contributed by atoms with Crippen molar-refractivity contribution < 1.29 is 0 Å². The molecule has 96 valence electrons. The summed E-state index contributed by atoms with van der Waals surface area (Å²) in [5.41, 5.74) is 1.02. The summed E-state index contributed by atoms with van der Waals surface area (Å²) in [4.78, 5) is 2.28. The predicted octanol–water partition coefficient (Wildman–Crippen LogP) is 4.54. The van der Waals surface area contributed by atoms with Gasteiger partial charge < -0.3 is 0 Å². The molecule has 0 bridgehead atoms. The Hall–Kier alpha value is -0.560. The van der Waals surface area contributed by atoms with E-state index in [0.29, 0.717) is 5.02 Å². The van der Waals surface area contributed by atoms with Crippen LogP contribution in [0.3, 0.4) is 0 Å². The molecule has 1 aromatic rings. The SMILES string of the molecule is N#CC(c1ccc(Cl)c(Br)c1)N1CCCCCC1. The van der Waals surface area contributed by atoms with Crippen LogP contribution < -0.4 is 0 Å². The number of halogens is 2. The van der Waals surface area contributed by atoms with Crippen LogP contribution in [-0.2, 0) is 0 Å². The number of rotatable bonds is 2. The van der Waals surface area contributed by atoms with E-state index >= 15 is 0 Å². The van der Waals surface area contributed by atoms with Gasteiger partial charge in [0.15, 0.2) is 0 Å². The summed E-state index contributed by atoms with van der Waals surface area (Å²) >= 11 is 9.42. The quantitative estimate of drug-likeness (QED) is 0.797. The van der Waals surface area contributed by atoms with Crippen molar-refractivity contribution in [3.05, 3.63) is 33.3 Å². The maximum atomic E-state index is 9.44. The lowest BCUT2D eigenvalue weighted by atomic mass is 10.1. The fourth-order valence-corrected chi connectivity index (χ4v) is 2.92. The van der Waals surface area contributed by atoms with Gasteiger partial charge in [0.1, 0.15) is 6.04 Å². The van der Waals surface area contributed by atoms with Gasteiger partial charge in [-0.2, -0.15) is 5.26 Å². The zero-order valence-corrected chi connectivity index (χ0v) is 12.5. The predicted molar refractivity (Wildman–Crippen MR) is 77.5 cm³/mol. The molecule has 1 aliphatic heterocycles. The Balaban J connectivity index is 2.21. The first-order valence-corrected chi connectivity index (χ1v) is 7.48. The van der Waals surface area contributed by atoms with E-state index in [4.69, 9.17) is 11.6 Å². The molecule has 2 rings (SSSR count). The van der Waals surface area contributed by atoms with Crippen molar-refractivity contribution in [2.75, 3.05) is 13.1 Å². The highest BCUT2D eigenvalue weighted by atomic mass is 79.9. The Morgan fingerprint density at radius 3 is 2.44 bits per heavy atom. The van der Waals surface area contributed by atoms with Crippen LogP contribution in [0.25, 0.3) is 0 Å². The molecule has 1 unspecified atom stereocenters. The fourth-order valence-electron chi connectivity index (χ4n) is 2.40. The first-order chi connectivity index (χ1) is 8.72. The lowest BCUT2D eigenvalue weighted by Crippen LogP contribution is -2.28. The molecule has 1 atom stereocenters. The van der Waals surface area contributed by atoms with Crippen molar-refractivity contribution in [3.63, 3.8) is 0 Å². The van der Waals surface area contributed by atoms with Gasteiger partial charge >= 0.3 is 0 Å². The van der Waals surface area contributed by atoms with E-state index in [9.17, 15) is 5.26 Å². The van der Waals surface area contributed by atoms with Crippen LogP contribution in [0.2, 0.25) is 5.02 Å². The molecule has 0 amide bonds. The Morgan fingerprint density at radius 2 is 1.89 bits per heavy atom. The van der Waals surface area contributed by atoms with Crippen LogP contribution in [0.1, 0.15) is 37.3 Å². The van der Waals surface area contributed by atoms with E-state index in [-0.39, 0.29) is 6.04 Å². The van der Waals surface area contributed by atoms with Crippen LogP contribution in [-0.4, -0.2) is 18.0 Å². The maximum absolute atomic E-state index is 9.44. The summed E-state index contributed by atoms with van der Waals surface area (Å²) in [5, 5.41) is 10.1. The van der Waals surface area contributed by atoms with Crippen LogP contribution in [0.4, 0.5) is 0 Å². The second-order valence-electron chi connectivity index (χ2n) is 4.66. The van der Waals surface area contributed by atoms with Crippen LogP contribution in [0, 0.1) is 11.3 Å². The Morgan fingerprint density at radius 1 is 1.22 bits per heavy atom. The van der Waals surface area contributed by atoms with Crippen LogP contribution >= 0.6 is 27.5 Å². The first-order valence-electron chi connectivity index (χ1n) is 6.31. The third kappa shape index (κ3) is 3.26. The summed E-state index contributed by atoms with van der Waals surface area (Å²) in [5.74, 6) is 0. The monoisotopic (exact) mass is 326 g/mol. The summed E-state index contributed by atoms with van der Waals surface area (Å²) in [6.45, 7) is 2.02. The highest BCUT2D eigenvalue weighted by Crippen LogP contribution is 2.29. The molecule has 1 heterocycles. The average Bonchev–Trinajstić information content (AvgIpc) is 2.64. The van der Waals surface area contributed by atoms with Gasteiger partial charge in [-0.1, -0.05) is 30.5 Å². The Kier molecular flexibility index (Phi) is 5.05. The third-order valence-corrected chi connectivity index (χ3v) is 4.60. The third-order valence-electron chi connectivity index (χ3n) is 3.39. The largest absolute Gasteiger partial charge is 0.284 e. The van der Waals surface area contributed by atoms with E-state index in [1.54, 1.807) is 0 Å². The lowest BCUT2D eigenvalue weighted by molar-refractivity contribution is 0.245. The number of likely N-dealkylation sites (tertiary alicyclic amines) is 1. The van der Waals surface area contributed by atoms with Gasteiger partial charge in [0.05, 0.1) is 11.1 Å². The van der Waals surface area contributed by atoms with Gasteiger partial charge in [-0.05, 0) is 59.6 Å². The van der Waals surface area contributed by atoms with Crippen molar-refractivity contribution in [2.45, 2.75) is 31.7 Å². The molecular weight excluding hydrogens is 312 g/mol. The summed E-state index contributed by atoms with van der Waals surface area (Å²) < 4.78 is 0.858. The van der Waals surface area contributed by atoms with E-state index in [2.05, 4.69) is 26.9 Å². The molecule has 18 heavy (non-hydrogen) atoms. The molecule has 0 aliphatic carbocycles. The molecule has 1 aliphatic rings. The number of hydrogen-bond donors (Lipinski definition) is 0. The average molecular weight is 328 g/mol. The fraction of sp³-hybridized carbons (Fsp3) is 0.500. The number of hydrogen-bond acceptors (Lipinski definition) is 2. The molecule has 0 saturated carbocycles. The molecule has 0 aromatic heterocycles. The Labute approximate surface area is 122 Å². The van der Waals surface area contributed by atoms with Crippen molar-refractivity contribution in [3.8, 4) is 6.07 Å². The maximum Gasteiger partial charge on any atom is 0.123 e. The minimum absolute atomic E-state index is 0.156. The summed E-state index contributed by atoms with van der Waals surface area (Å²) in [6, 6.07) is 8.03.